The molecule has 0 saturated carbocycles. The fraction of sp³-hybridized carbons (Fsp3) is 0.273. The molecular weight excluding hydrogens is 176 g/mol. The van der Waals surface area contributed by atoms with Gasteiger partial charge >= 0.3 is 0 Å². The lowest BCUT2D eigenvalue weighted by Crippen LogP contribution is -2.14. The molecule has 14 heavy (non-hydrogen) atoms. The van der Waals surface area contributed by atoms with E-state index in [2.05, 4.69) is 5.10 Å². The van der Waals surface area contributed by atoms with Gasteiger partial charge in [-0.1, -0.05) is 24.3 Å². The molecule has 0 N–H and O–H groups in total. The molecule has 1 aliphatic rings. The first-order valence-corrected chi connectivity index (χ1v) is 4.58. The van der Waals surface area contributed by atoms with Crippen molar-refractivity contribution in [2.24, 2.45) is 5.10 Å². The minimum Gasteiger partial charge on any atom is -0.273 e. The highest BCUT2D eigenvalue weighted by molar-refractivity contribution is 6.14. The summed E-state index contributed by atoms with van der Waals surface area (Å²) < 4.78 is 0. The Balaban J connectivity index is 2.38. The van der Waals surface area contributed by atoms with Crippen LogP contribution in [0.25, 0.3) is 0 Å². The monoisotopic (exact) mass is 188 g/mol. The van der Waals surface area contributed by atoms with Crippen LogP contribution in [0.15, 0.2) is 29.4 Å². The molecule has 0 radical (unpaired) electrons. The number of amides is 1. The normalized spacial score (nSPS) is 16.0. The van der Waals surface area contributed by atoms with Crippen LogP contribution in [0.4, 0.5) is 0 Å². The molecule has 0 aromatic heterocycles. The smallest absolute Gasteiger partial charge is 0.248 e. The SMILES string of the molecule is Cc1ccccc1C1=NN(C)C(=O)C1. The van der Waals surface area contributed by atoms with Gasteiger partial charge in [-0.05, 0) is 12.5 Å². The lowest BCUT2D eigenvalue weighted by atomic mass is 10.0. The molecule has 72 valence electrons. The summed E-state index contributed by atoms with van der Waals surface area (Å²) in [6, 6.07) is 7.98. The molecule has 3 heteroatoms. The van der Waals surface area contributed by atoms with Crippen molar-refractivity contribution in [2.45, 2.75) is 13.3 Å². The number of aryl methyl sites for hydroxylation is 1. The Morgan fingerprint density at radius 3 is 2.64 bits per heavy atom. The number of carbonyl (C=O) groups excluding carboxylic acids is 1. The summed E-state index contributed by atoms with van der Waals surface area (Å²) in [4.78, 5) is 11.3. The highest BCUT2D eigenvalue weighted by Crippen LogP contribution is 2.16. The molecule has 0 aliphatic carbocycles. The number of nitrogens with zero attached hydrogens (tertiary/aromatic N) is 2. The molecule has 0 atom stereocenters. The van der Waals surface area contributed by atoms with Crippen molar-refractivity contribution in [3.8, 4) is 0 Å². The van der Waals surface area contributed by atoms with Gasteiger partial charge in [-0.3, -0.25) is 4.79 Å². The van der Waals surface area contributed by atoms with Crippen LogP contribution in [0.5, 0.6) is 0 Å². The van der Waals surface area contributed by atoms with Crippen LogP contribution in [0.2, 0.25) is 0 Å². The van der Waals surface area contributed by atoms with E-state index in [9.17, 15) is 4.79 Å². The Kier molecular flexibility index (Phi) is 2.08. The van der Waals surface area contributed by atoms with Crippen molar-refractivity contribution in [1.82, 2.24) is 5.01 Å². The molecule has 0 fully saturated rings. The predicted molar refractivity (Wildman–Crippen MR) is 55.1 cm³/mol. The zero-order chi connectivity index (χ0) is 10.1. The Hall–Kier alpha value is -1.64. The molecule has 1 aromatic carbocycles. The summed E-state index contributed by atoms with van der Waals surface area (Å²) in [5, 5.41) is 5.61. The third kappa shape index (κ3) is 1.41. The van der Waals surface area contributed by atoms with Gasteiger partial charge in [-0.25, -0.2) is 5.01 Å². The maximum absolute atomic E-state index is 11.3. The van der Waals surface area contributed by atoms with Gasteiger partial charge in [0, 0.05) is 12.6 Å². The summed E-state index contributed by atoms with van der Waals surface area (Å²) in [5.41, 5.74) is 3.11. The first-order valence-electron chi connectivity index (χ1n) is 4.58. The average Bonchev–Trinajstić information content (AvgIpc) is 2.48. The van der Waals surface area contributed by atoms with Gasteiger partial charge in [-0.2, -0.15) is 5.10 Å². The van der Waals surface area contributed by atoms with Crippen molar-refractivity contribution in [3.05, 3.63) is 35.4 Å². The maximum Gasteiger partial charge on any atom is 0.248 e. The second-order valence-corrected chi connectivity index (χ2v) is 3.46. The Morgan fingerprint density at radius 1 is 1.36 bits per heavy atom. The van der Waals surface area contributed by atoms with E-state index in [4.69, 9.17) is 0 Å². The van der Waals surface area contributed by atoms with E-state index in [1.165, 1.54) is 5.01 Å². The summed E-state index contributed by atoms with van der Waals surface area (Å²) in [6.07, 6.45) is 0.418. The van der Waals surface area contributed by atoms with Crippen molar-refractivity contribution >= 4 is 11.6 Å². The molecule has 1 aliphatic heterocycles. The molecular formula is C11H12N2O. The number of rotatable bonds is 1. The number of benzene rings is 1. The maximum atomic E-state index is 11.3. The summed E-state index contributed by atoms with van der Waals surface area (Å²) in [6.45, 7) is 2.03. The van der Waals surface area contributed by atoms with Gasteiger partial charge in [0.2, 0.25) is 5.91 Å². The first-order chi connectivity index (χ1) is 6.68. The summed E-state index contributed by atoms with van der Waals surface area (Å²) >= 11 is 0. The molecule has 0 saturated heterocycles. The van der Waals surface area contributed by atoms with E-state index in [-0.39, 0.29) is 5.91 Å². The number of hydrazone groups is 1. The van der Waals surface area contributed by atoms with Crippen molar-refractivity contribution < 1.29 is 4.79 Å². The van der Waals surface area contributed by atoms with Gasteiger partial charge in [0.05, 0.1) is 12.1 Å². The third-order valence-electron chi connectivity index (χ3n) is 2.41. The molecule has 0 bridgehead atoms. The van der Waals surface area contributed by atoms with Gasteiger partial charge < -0.3 is 0 Å². The summed E-state index contributed by atoms with van der Waals surface area (Å²) in [5.74, 6) is 0.0586. The van der Waals surface area contributed by atoms with Crippen LogP contribution in [0.1, 0.15) is 17.5 Å². The minimum atomic E-state index is 0.0586. The lowest BCUT2D eigenvalue weighted by molar-refractivity contribution is -0.127. The largest absolute Gasteiger partial charge is 0.273 e. The Bertz CT molecular complexity index is 410. The number of hydrogen-bond donors (Lipinski definition) is 0. The van der Waals surface area contributed by atoms with Crippen LogP contribution in [0.3, 0.4) is 0 Å². The Morgan fingerprint density at radius 2 is 2.07 bits per heavy atom. The number of carbonyl (C=O) groups is 1. The number of hydrogen-bond acceptors (Lipinski definition) is 2. The highest BCUT2D eigenvalue weighted by Gasteiger charge is 2.21. The zero-order valence-corrected chi connectivity index (χ0v) is 8.32. The Labute approximate surface area is 83.0 Å². The van der Waals surface area contributed by atoms with Gasteiger partial charge in [-0.15, -0.1) is 0 Å². The molecule has 0 spiro atoms. The van der Waals surface area contributed by atoms with Crippen LogP contribution < -0.4 is 0 Å². The standard InChI is InChI=1S/C11H12N2O/c1-8-5-3-4-6-9(8)10-7-11(14)13(2)12-10/h3-6H,7H2,1-2H3. The van der Waals surface area contributed by atoms with E-state index >= 15 is 0 Å². The van der Waals surface area contributed by atoms with Crippen LogP contribution in [-0.4, -0.2) is 23.7 Å². The van der Waals surface area contributed by atoms with E-state index in [0.717, 1.165) is 16.8 Å². The molecule has 2 rings (SSSR count). The first kappa shape index (κ1) is 8.94. The predicted octanol–water partition coefficient (Wildman–Crippen LogP) is 1.56. The lowest BCUT2D eigenvalue weighted by Gasteiger charge is -2.02. The minimum absolute atomic E-state index is 0.0586. The molecule has 1 amide bonds. The van der Waals surface area contributed by atoms with Crippen LogP contribution in [0, 0.1) is 6.92 Å². The van der Waals surface area contributed by atoms with E-state index in [0.29, 0.717) is 6.42 Å². The van der Waals surface area contributed by atoms with Crippen molar-refractivity contribution in [1.29, 1.82) is 0 Å². The fourth-order valence-electron chi connectivity index (χ4n) is 1.58. The highest BCUT2D eigenvalue weighted by atomic mass is 16.2. The quantitative estimate of drug-likeness (QED) is 0.658. The molecule has 0 unspecified atom stereocenters. The molecule has 1 heterocycles. The van der Waals surface area contributed by atoms with Gasteiger partial charge in [0.15, 0.2) is 0 Å². The van der Waals surface area contributed by atoms with Gasteiger partial charge in [0.25, 0.3) is 0 Å². The fourth-order valence-corrected chi connectivity index (χ4v) is 1.58. The molecule has 1 aromatic rings. The van der Waals surface area contributed by atoms with E-state index in [1.54, 1.807) is 7.05 Å². The summed E-state index contributed by atoms with van der Waals surface area (Å²) in [7, 11) is 1.69. The second-order valence-electron chi connectivity index (χ2n) is 3.46. The van der Waals surface area contributed by atoms with Crippen molar-refractivity contribution in [3.63, 3.8) is 0 Å². The zero-order valence-electron chi connectivity index (χ0n) is 8.32. The topological polar surface area (TPSA) is 32.7 Å². The third-order valence-corrected chi connectivity index (χ3v) is 2.41. The second kappa shape index (κ2) is 3.25. The van der Waals surface area contributed by atoms with Gasteiger partial charge in [0.1, 0.15) is 0 Å². The van der Waals surface area contributed by atoms with Crippen LogP contribution >= 0.6 is 0 Å². The van der Waals surface area contributed by atoms with Crippen LogP contribution in [-0.2, 0) is 4.79 Å². The average molecular weight is 188 g/mol. The molecule has 3 nitrogen and oxygen atoms in total. The van der Waals surface area contributed by atoms with E-state index < -0.39 is 0 Å². The van der Waals surface area contributed by atoms with E-state index in [1.807, 2.05) is 31.2 Å². The van der Waals surface area contributed by atoms with Crippen molar-refractivity contribution in [2.75, 3.05) is 7.05 Å².